The fourth-order valence-electron chi connectivity index (χ4n) is 2.79. The predicted octanol–water partition coefficient (Wildman–Crippen LogP) is 3.56. The Hall–Kier alpha value is -3.35. The van der Waals surface area contributed by atoms with E-state index in [1.54, 1.807) is 16.9 Å². The topological polar surface area (TPSA) is 93.8 Å². The van der Waals surface area contributed by atoms with E-state index in [2.05, 4.69) is 10.3 Å². The molecule has 0 saturated heterocycles. The normalized spacial score (nSPS) is 11.2. The molecule has 0 radical (unpaired) electrons. The van der Waals surface area contributed by atoms with Crippen LogP contribution in [0.2, 0.25) is 0 Å². The Morgan fingerprint density at radius 2 is 2.12 bits per heavy atom. The van der Waals surface area contributed by atoms with Crippen molar-refractivity contribution in [1.29, 1.82) is 0 Å². The lowest BCUT2D eigenvalue weighted by atomic mass is 10.0. The standard InChI is InChI=1S/C17H13N3O4/c1-9-16(10(2)24-19-9)13-7-18-20-4-3-11(5-14(13)20)15-6-12(8-23-15)17(21)22/h3-8H,1-2H3,(H,21,22). The third-order valence-electron chi connectivity index (χ3n) is 3.96. The minimum Gasteiger partial charge on any atom is -0.478 e. The van der Waals surface area contributed by atoms with Crippen LogP contribution >= 0.6 is 0 Å². The molecule has 24 heavy (non-hydrogen) atoms. The van der Waals surface area contributed by atoms with Crippen LogP contribution in [0.1, 0.15) is 21.8 Å². The summed E-state index contributed by atoms with van der Waals surface area (Å²) in [5.41, 5.74) is 4.34. The van der Waals surface area contributed by atoms with Crippen molar-refractivity contribution >= 4 is 11.5 Å². The molecule has 0 aliphatic rings. The van der Waals surface area contributed by atoms with E-state index < -0.39 is 5.97 Å². The highest BCUT2D eigenvalue weighted by Gasteiger charge is 2.17. The van der Waals surface area contributed by atoms with E-state index in [1.807, 2.05) is 26.0 Å². The summed E-state index contributed by atoms with van der Waals surface area (Å²) in [5.74, 6) is 0.187. The third kappa shape index (κ3) is 2.10. The molecular formula is C17H13N3O4. The van der Waals surface area contributed by atoms with Gasteiger partial charge in [0, 0.05) is 17.3 Å². The first kappa shape index (κ1) is 14.3. The smallest absolute Gasteiger partial charge is 0.338 e. The van der Waals surface area contributed by atoms with Crippen molar-refractivity contribution < 1.29 is 18.8 Å². The molecule has 1 N–H and O–H groups in total. The molecule has 4 aromatic rings. The van der Waals surface area contributed by atoms with E-state index in [1.165, 1.54) is 12.3 Å². The zero-order valence-corrected chi connectivity index (χ0v) is 13.0. The fourth-order valence-corrected chi connectivity index (χ4v) is 2.79. The van der Waals surface area contributed by atoms with Crippen molar-refractivity contribution in [3.05, 3.63) is 53.9 Å². The second kappa shape index (κ2) is 5.09. The van der Waals surface area contributed by atoms with Crippen LogP contribution in [0.5, 0.6) is 0 Å². The predicted molar refractivity (Wildman–Crippen MR) is 84.8 cm³/mol. The van der Waals surface area contributed by atoms with Crippen LogP contribution in [0.3, 0.4) is 0 Å². The lowest BCUT2D eigenvalue weighted by Crippen LogP contribution is -1.91. The Balaban J connectivity index is 1.88. The number of aryl methyl sites for hydroxylation is 2. The van der Waals surface area contributed by atoms with Gasteiger partial charge in [0.05, 0.1) is 28.5 Å². The SMILES string of the molecule is Cc1noc(C)c1-c1cnn2ccc(-c3cc(C(=O)O)co3)cc12. The summed E-state index contributed by atoms with van der Waals surface area (Å²) in [5, 5.41) is 17.4. The molecule has 120 valence electrons. The van der Waals surface area contributed by atoms with Gasteiger partial charge in [-0.15, -0.1) is 0 Å². The number of pyridine rings is 1. The maximum absolute atomic E-state index is 11.0. The number of carboxylic acids is 1. The fraction of sp³-hybridized carbons (Fsp3) is 0.118. The Bertz CT molecular complexity index is 1050. The van der Waals surface area contributed by atoms with Gasteiger partial charge in [0.15, 0.2) is 0 Å². The Labute approximate surface area is 136 Å². The van der Waals surface area contributed by atoms with Crippen molar-refractivity contribution in [2.24, 2.45) is 0 Å². The molecule has 7 heteroatoms. The van der Waals surface area contributed by atoms with Gasteiger partial charge >= 0.3 is 5.97 Å². The first-order valence-corrected chi connectivity index (χ1v) is 7.27. The lowest BCUT2D eigenvalue weighted by Gasteiger charge is -2.01. The molecule has 0 fully saturated rings. The Kier molecular flexibility index (Phi) is 3.02. The highest BCUT2D eigenvalue weighted by molar-refractivity contribution is 5.89. The van der Waals surface area contributed by atoms with Crippen molar-refractivity contribution in [2.45, 2.75) is 13.8 Å². The second-order valence-corrected chi connectivity index (χ2v) is 5.51. The third-order valence-corrected chi connectivity index (χ3v) is 3.96. The van der Waals surface area contributed by atoms with E-state index in [4.69, 9.17) is 14.0 Å². The molecule has 4 aromatic heterocycles. The minimum absolute atomic E-state index is 0.115. The van der Waals surface area contributed by atoms with Gasteiger partial charge in [-0.2, -0.15) is 5.10 Å². The number of aromatic nitrogens is 3. The number of rotatable bonds is 3. The van der Waals surface area contributed by atoms with Crippen LogP contribution in [0.4, 0.5) is 0 Å². The number of hydrogen-bond donors (Lipinski definition) is 1. The average molecular weight is 323 g/mol. The van der Waals surface area contributed by atoms with Gasteiger partial charge < -0.3 is 14.0 Å². The van der Waals surface area contributed by atoms with E-state index in [-0.39, 0.29) is 5.56 Å². The monoisotopic (exact) mass is 323 g/mol. The molecule has 0 aliphatic heterocycles. The molecule has 4 heterocycles. The van der Waals surface area contributed by atoms with E-state index in [9.17, 15) is 4.79 Å². The van der Waals surface area contributed by atoms with Crippen molar-refractivity contribution in [1.82, 2.24) is 14.8 Å². The lowest BCUT2D eigenvalue weighted by molar-refractivity contribution is 0.0696. The van der Waals surface area contributed by atoms with E-state index >= 15 is 0 Å². The van der Waals surface area contributed by atoms with Crippen molar-refractivity contribution in [2.75, 3.05) is 0 Å². The summed E-state index contributed by atoms with van der Waals surface area (Å²) < 4.78 is 12.4. The summed E-state index contributed by atoms with van der Waals surface area (Å²) in [6.45, 7) is 3.74. The van der Waals surface area contributed by atoms with Crippen molar-refractivity contribution in [3.8, 4) is 22.5 Å². The summed E-state index contributed by atoms with van der Waals surface area (Å²) in [4.78, 5) is 11.0. The molecule has 0 aliphatic carbocycles. The van der Waals surface area contributed by atoms with Gasteiger partial charge in [0.1, 0.15) is 17.8 Å². The first-order chi connectivity index (χ1) is 11.5. The second-order valence-electron chi connectivity index (χ2n) is 5.51. The summed E-state index contributed by atoms with van der Waals surface area (Å²) in [6, 6.07) is 5.22. The van der Waals surface area contributed by atoms with E-state index in [0.717, 1.165) is 33.7 Å². The largest absolute Gasteiger partial charge is 0.478 e. The Morgan fingerprint density at radius 3 is 2.79 bits per heavy atom. The number of hydrogen-bond acceptors (Lipinski definition) is 5. The van der Waals surface area contributed by atoms with Crippen LogP contribution in [0.15, 0.2) is 45.8 Å². The molecule has 4 rings (SSSR count). The molecular weight excluding hydrogens is 310 g/mol. The zero-order chi connectivity index (χ0) is 16.8. The molecule has 0 aromatic carbocycles. The first-order valence-electron chi connectivity index (χ1n) is 7.27. The van der Waals surface area contributed by atoms with Crippen LogP contribution in [-0.2, 0) is 0 Å². The molecule has 0 amide bonds. The minimum atomic E-state index is -1.02. The van der Waals surface area contributed by atoms with E-state index in [0.29, 0.717) is 5.76 Å². The van der Waals surface area contributed by atoms with Gasteiger partial charge in [0.25, 0.3) is 0 Å². The van der Waals surface area contributed by atoms with Gasteiger partial charge in [-0.25, -0.2) is 9.31 Å². The van der Waals surface area contributed by atoms with Crippen LogP contribution in [0, 0.1) is 13.8 Å². The number of fused-ring (bicyclic) bond motifs is 1. The highest BCUT2D eigenvalue weighted by Crippen LogP contribution is 2.32. The molecule has 0 saturated carbocycles. The van der Waals surface area contributed by atoms with Gasteiger partial charge in [0.2, 0.25) is 0 Å². The summed E-state index contributed by atoms with van der Waals surface area (Å²) in [7, 11) is 0. The number of aromatic carboxylic acids is 1. The molecule has 7 nitrogen and oxygen atoms in total. The van der Waals surface area contributed by atoms with Gasteiger partial charge in [-0.3, -0.25) is 0 Å². The van der Waals surface area contributed by atoms with Gasteiger partial charge in [-0.05, 0) is 32.0 Å². The number of furan rings is 1. The summed E-state index contributed by atoms with van der Waals surface area (Å²) in [6.07, 6.45) is 4.79. The van der Waals surface area contributed by atoms with Crippen LogP contribution in [-0.4, -0.2) is 25.8 Å². The van der Waals surface area contributed by atoms with Gasteiger partial charge in [-0.1, -0.05) is 5.16 Å². The Morgan fingerprint density at radius 1 is 1.29 bits per heavy atom. The maximum Gasteiger partial charge on any atom is 0.338 e. The quantitative estimate of drug-likeness (QED) is 0.619. The molecule has 0 atom stereocenters. The summed E-state index contributed by atoms with van der Waals surface area (Å²) >= 11 is 0. The molecule has 0 bridgehead atoms. The number of carbonyl (C=O) groups is 1. The number of carboxylic acid groups (broad SMARTS) is 1. The molecule has 0 unspecified atom stereocenters. The maximum atomic E-state index is 11.0. The van der Waals surface area contributed by atoms with Crippen LogP contribution < -0.4 is 0 Å². The van der Waals surface area contributed by atoms with Crippen LogP contribution in [0.25, 0.3) is 28.0 Å². The average Bonchev–Trinajstić information content (AvgIpc) is 3.26. The van der Waals surface area contributed by atoms with Crippen molar-refractivity contribution in [3.63, 3.8) is 0 Å². The zero-order valence-electron chi connectivity index (χ0n) is 13.0. The highest BCUT2D eigenvalue weighted by atomic mass is 16.5. The molecule has 0 spiro atoms. The number of nitrogens with zero attached hydrogens (tertiary/aromatic N) is 3.